The van der Waals surface area contributed by atoms with Gasteiger partial charge in [0.2, 0.25) is 0 Å². The van der Waals surface area contributed by atoms with Gasteiger partial charge in [-0.3, -0.25) is 4.79 Å². The summed E-state index contributed by atoms with van der Waals surface area (Å²) >= 11 is 0. The highest BCUT2D eigenvalue weighted by molar-refractivity contribution is 5.70. The van der Waals surface area contributed by atoms with E-state index < -0.39 is 36.0 Å². The molecule has 0 radical (unpaired) electrons. The summed E-state index contributed by atoms with van der Waals surface area (Å²) in [7, 11) is 1.76. The van der Waals surface area contributed by atoms with Gasteiger partial charge in [-0.25, -0.2) is 4.79 Å². The molecular formula is C36H60N2O8. The zero-order chi connectivity index (χ0) is 34.0. The van der Waals surface area contributed by atoms with Crippen molar-refractivity contribution in [2.24, 2.45) is 17.8 Å². The quantitative estimate of drug-likeness (QED) is 0.120. The number of likely N-dealkylation sites (tertiary alicyclic amines) is 1. The molecule has 262 valence electrons. The summed E-state index contributed by atoms with van der Waals surface area (Å²) in [6.45, 7) is 15.0. The molecule has 46 heavy (non-hydrogen) atoms. The first-order chi connectivity index (χ1) is 21.7. The van der Waals surface area contributed by atoms with E-state index in [2.05, 4.69) is 4.90 Å². The topological polar surface area (TPSA) is 132 Å². The molecule has 10 heteroatoms. The van der Waals surface area contributed by atoms with Gasteiger partial charge >= 0.3 is 12.1 Å². The third-order valence-corrected chi connectivity index (χ3v) is 9.80. The van der Waals surface area contributed by atoms with E-state index in [9.17, 15) is 24.9 Å². The Hall–Kier alpha value is -2.24. The summed E-state index contributed by atoms with van der Waals surface area (Å²) in [5.74, 6) is -0.780. The number of aliphatic hydroxyl groups is 3. The van der Waals surface area contributed by atoms with E-state index in [4.69, 9.17) is 14.2 Å². The molecule has 3 aliphatic rings. The van der Waals surface area contributed by atoms with Crippen LogP contribution in [-0.2, 0) is 19.0 Å². The molecule has 3 heterocycles. The normalized spacial score (nSPS) is 32.6. The first-order valence-corrected chi connectivity index (χ1v) is 17.3. The molecular weight excluding hydrogens is 588 g/mol. The zero-order valence-corrected chi connectivity index (χ0v) is 29.1. The minimum atomic E-state index is -1.12. The Labute approximate surface area is 276 Å². The third kappa shape index (κ3) is 12.1. The highest BCUT2D eigenvalue weighted by Crippen LogP contribution is 2.37. The fraction of sp³-hybridized carbons (Fsp3) is 0.778. The van der Waals surface area contributed by atoms with E-state index in [1.165, 1.54) is 12.8 Å². The Morgan fingerprint density at radius 2 is 1.93 bits per heavy atom. The van der Waals surface area contributed by atoms with Gasteiger partial charge in [-0.15, -0.1) is 0 Å². The van der Waals surface area contributed by atoms with Crippen LogP contribution in [0.15, 0.2) is 36.0 Å². The van der Waals surface area contributed by atoms with Crippen molar-refractivity contribution in [1.82, 2.24) is 9.80 Å². The molecule has 3 aliphatic heterocycles. The maximum Gasteiger partial charge on any atom is 0.410 e. The molecule has 3 rings (SSSR count). The van der Waals surface area contributed by atoms with Crippen molar-refractivity contribution in [1.29, 1.82) is 0 Å². The average molecular weight is 649 g/mol. The molecule has 0 bridgehead atoms. The van der Waals surface area contributed by atoms with Crippen LogP contribution in [0, 0.1) is 17.8 Å². The van der Waals surface area contributed by atoms with Crippen LogP contribution in [0.5, 0.6) is 0 Å². The van der Waals surface area contributed by atoms with Crippen LogP contribution in [0.3, 0.4) is 0 Å². The molecule has 0 spiro atoms. The standard InChI is InChI=1S/C36H60N2O8/c1-8-29(40)27(5)34-31(44-34)23-36(6,43)17-11-12-25(3)33-26(4)14-16-30(24(2)13-15-28(39)22-32(41)46-33)45-35(42)37(7)20-21-38-18-9-10-19-38/h11-12,14,16-17,24,26-31,33-34,39-40,43H,8-10,13,15,18-23H2,1-7H3. The van der Waals surface area contributed by atoms with Crippen LogP contribution in [0.2, 0.25) is 0 Å². The van der Waals surface area contributed by atoms with Crippen molar-refractivity contribution in [3.05, 3.63) is 36.0 Å². The smallest absolute Gasteiger partial charge is 0.410 e. The van der Waals surface area contributed by atoms with E-state index >= 15 is 0 Å². The Morgan fingerprint density at radius 1 is 1.24 bits per heavy atom. The van der Waals surface area contributed by atoms with Gasteiger partial charge in [0.15, 0.2) is 0 Å². The van der Waals surface area contributed by atoms with Gasteiger partial charge in [-0.05, 0) is 76.6 Å². The second-order valence-corrected chi connectivity index (χ2v) is 14.2. The summed E-state index contributed by atoms with van der Waals surface area (Å²) in [6, 6.07) is 0. The van der Waals surface area contributed by atoms with Gasteiger partial charge in [0, 0.05) is 38.4 Å². The highest BCUT2D eigenvalue weighted by atomic mass is 16.6. The van der Waals surface area contributed by atoms with E-state index in [1.807, 2.05) is 52.8 Å². The minimum Gasteiger partial charge on any atom is -0.457 e. The van der Waals surface area contributed by atoms with E-state index in [0.29, 0.717) is 32.2 Å². The molecule has 0 aromatic heterocycles. The molecule has 10 unspecified atom stereocenters. The fourth-order valence-corrected chi connectivity index (χ4v) is 6.40. The van der Waals surface area contributed by atoms with Crippen LogP contribution in [-0.4, -0.2) is 113 Å². The number of ether oxygens (including phenoxy) is 3. The van der Waals surface area contributed by atoms with Crippen molar-refractivity contribution in [2.45, 2.75) is 129 Å². The number of carbonyl (C=O) groups excluding carboxylic acids is 2. The predicted molar refractivity (Wildman–Crippen MR) is 178 cm³/mol. The fourth-order valence-electron chi connectivity index (χ4n) is 6.40. The highest BCUT2D eigenvalue weighted by Gasteiger charge is 2.47. The minimum absolute atomic E-state index is 0.00700. The molecule has 2 saturated heterocycles. The van der Waals surface area contributed by atoms with Crippen molar-refractivity contribution in [3.8, 4) is 0 Å². The van der Waals surface area contributed by atoms with Crippen LogP contribution < -0.4 is 0 Å². The summed E-state index contributed by atoms with van der Waals surface area (Å²) in [6.07, 6.45) is 10.5. The molecule has 0 aliphatic carbocycles. The molecule has 1 amide bonds. The number of allylic oxidation sites excluding steroid dienone is 2. The van der Waals surface area contributed by atoms with Gasteiger partial charge in [-0.2, -0.15) is 0 Å². The SMILES string of the molecule is CCC(O)C(C)C1OC1CC(C)(O)C=CC=C(C)C1OC(=O)CC(O)CCC(C)C(OC(=O)N(C)CCN2CCCC2)C=CC1C. The van der Waals surface area contributed by atoms with Gasteiger partial charge in [0.1, 0.15) is 12.2 Å². The molecule has 2 fully saturated rings. The molecule has 10 nitrogen and oxygen atoms in total. The molecule has 10 atom stereocenters. The number of cyclic esters (lactones) is 1. The summed E-state index contributed by atoms with van der Waals surface area (Å²) in [5.41, 5.74) is -0.353. The lowest BCUT2D eigenvalue weighted by Crippen LogP contribution is -2.38. The van der Waals surface area contributed by atoms with Crippen LogP contribution >= 0.6 is 0 Å². The second-order valence-electron chi connectivity index (χ2n) is 14.2. The lowest BCUT2D eigenvalue weighted by atomic mass is 9.91. The monoisotopic (exact) mass is 648 g/mol. The summed E-state index contributed by atoms with van der Waals surface area (Å²) in [5, 5.41) is 31.7. The van der Waals surface area contributed by atoms with Crippen molar-refractivity contribution >= 4 is 12.1 Å². The van der Waals surface area contributed by atoms with E-state index in [0.717, 1.165) is 25.2 Å². The summed E-state index contributed by atoms with van der Waals surface area (Å²) in [4.78, 5) is 29.8. The number of likely N-dealkylation sites (N-methyl/N-ethyl adjacent to an activating group) is 1. The number of aliphatic hydroxyl groups excluding tert-OH is 2. The molecule has 3 N–H and O–H groups in total. The summed E-state index contributed by atoms with van der Waals surface area (Å²) < 4.78 is 17.6. The Kier molecular flexibility index (Phi) is 14.8. The lowest BCUT2D eigenvalue weighted by molar-refractivity contribution is -0.151. The van der Waals surface area contributed by atoms with Crippen molar-refractivity contribution in [2.75, 3.05) is 33.2 Å². The number of rotatable bonds is 12. The van der Waals surface area contributed by atoms with Gasteiger partial charge < -0.3 is 39.3 Å². The molecule has 0 aromatic rings. The predicted octanol–water partition coefficient (Wildman–Crippen LogP) is 4.62. The Balaban J connectivity index is 1.68. The number of epoxide rings is 1. The number of nitrogens with zero attached hydrogens (tertiary/aromatic N) is 2. The van der Waals surface area contributed by atoms with Crippen LogP contribution in [0.4, 0.5) is 4.79 Å². The van der Waals surface area contributed by atoms with Gasteiger partial charge in [-0.1, -0.05) is 52.0 Å². The van der Waals surface area contributed by atoms with E-state index in [1.54, 1.807) is 31.0 Å². The van der Waals surface area contributed by atoms with Gasteiger partial charge in [0.05, 0.1) is 36.4 Å². The average Bonchev–Trinajstić information content (AvgIpc) is 3.54. The number of hydrogen-bond donors (Lipinski definition) is 3. The molecule has 0 saturated carbocycles. The van der Waals surface area contributed by atoms with Crippen molar-refractivity contribution in [3.63, 3.8) is 0 Å². The maximum atomic E-state index is 13.0. The Bertz CT molecular complexity index is 1070. The third-order valence-electron chi connectivity index (χ3n) is 9.80. The number of carbonyl (C=O) groups is 2. The van der Waals surface area contributed by atoms with Crippen molar-refractivity contribution < 1.29 is 39.1 Å². The van der Waals surface area contributed by atoms with Crippen LogP contribution in [0.1, 0.15) is 86.5 Å². The molecule has 0 aromatic carbocycles. The second kappa shape index (κ2) is 17.8. The van der Waals surface area contributed by atoms with E-state index in [-0.39, 0.29) is 42.5 Å². The van der Waals surface area contributed by atoms with Gasteiger partial charge in [0.25, 0.3) is 0 Å². The number of hydrogen-bond acceptors (Lipinski definition) is 9. The first-order valence-electron chi connectivity index (χ1n) is 17.3. The Morgan fingerprint density at radius 3 is 2.61 bits per heavy atom. The number of amides is 1. The number of esters is 1. The first kappa shape index (κ1) is 38.2. The van der Waals surface area contributed by atoms with Crippen LogP contribution in [0.25, 0.3) is 0 Å². The largest absolute Gasteiger partial charge is 0.457 e. The maximum absolute atomic E-state index is 13.0. The lowest BCUT2D eigenvalue weighted by Gasteiger charge is -2.28. The zero-order valence-electron chi connectivity index (χ0n) is 29.1.